The molecule has 0 spiro atoms. The second-order valence-corrected chi connectivity index (χ2v) is 8.31. The van der Waals surface area contributed by atoms with Crippen LogP contribution in [0.2, 0.25) is 5.02 Å². The van der Waals surface area contributed by atoms with E-state index in [-0.39, 0.29) is 23.7 Å². The molecule has 1 aliphatic heterocycles. The van der Waals surface area contributed by atoms with Crippen molar-refractivity contribution in [3.05, 3.63) is 86.9 Å². The lowest BCUT2D eigenvalue weighted by atomic mass is 9.78. The van der Waals surface area contributed by atoms with Gasteiger partial charge in [-0.1, -0.05) is 54.9 Å². The fourth-order valence-electron chi connectivity index (χ4n) is 4.29. The Bertz CT molecular complexity index is 1150. The Morgan fingerprint density at radius 3 is 2.62 bits per heavy atom. The Morgan fingerprint density at radius 1 is 1.19 bits per heavy atom. The molecule has 2 aliphatic rings. The minimum absolute atomic E-state index is 0.00658. The number of amides is 3. The molecular formula is C23H20ClN3O5. The number of nitro groups is 1. The van der Waals surface area contributed by atoms with Crippen molar-refractivity contribution in [2.45, 2.75) is 19.9 Å². The molecule has 2 aromatic carbocycles. The number of carbonyl (C=O) groups is 3. The SMILES string of the molecule is C[C@@H]1C=CC[C@H]2C(=O)N(N(Cc3ccccc3Cl)C(=O)c3cccc([N+](=O)[O-])c3)C(=O)[C@H]12. The number of imide groups is 1. The first-order valence-corrected chi connectivity index (χ1v) is 10.5. The smallest absolute Gasteiger partial charge is 0.272 e. The molecule has 2 aromatic rings. The van der Waals surface area contributed by atoms with Crippen molar-refractivity contribution in [1.82, 2.24) is 10.0 Å². The summed E-state index contributed by atoms with van der Waals surface area (Å²) in [6.45, 7) is 1.72. The zero-order valence-corrected chi connectivity index (χ0v) is 17.9. The number of rotatable bonds is 5. The summed E-state index contributed by atoms with van der Waals surface area (Å²) in [6, 6.07) is 12.0. The van der Waals surface area contributed by atoms with E-state index in [0.29, 0.717) is 17.0 Å². The summed E-state index contributed by atoms with van der Waals surface area (Å²) < 4.78 is 0. The maximum atomic E-state index is 13.5. The van der Waals surface area contributed by atoms with Crippen molar-refractivity contribution in [1.29, 1.82) is 0 Å². The normalized spacial score (nSPS) is 22.1. The molecule has 164 valence electrons. The maximum Gasteiger partial charge on any atom is 0.273 e. The summed E-state index contributed by atoms with van der Waals surface area (Å²) in [7, 11) is 0. The molecular weight excluding hydrogens is 434 g/mol. The van der Waals surface area contributed by atoms with Crippen LogP contribution in [0.3, 0.4) is 0 Å². The van der Waals surface area contributed by atoms with E-state index in [0.717, 1.165) is 16.1 Å². The number of hydrogen-bond donors (Lipinski definition) is 0. The first kappa shape index (κ1) is 21.7. The number of hydrazine groups is 1. The van der Waals surface area contributed by atoms with Gasteiger partial charge in [-0.15, -0.1) is 0 Å². The highest BCUT2D eigenvalue weighted by Gasteiger charge is 2.53. The van der Waals surface area contributed by atoms with E-state index in [4.69, 9.17) is 11.6 Å². The molecule has 4 rings (SSSR count). The predicted molar refractivity (Wildman–Crippen MR) is 116 cm³/mol. The Kier molecular flexibility index (Phi) is 5.80. The molecule has 9 heteroatoms. The lowest BCUT2D eigenvalue weighted by Gasteiger charge is -2.31. The monoisotopic (exact) mass is 453 g/mol. The van der Waals surface area contributed by atoms with Gasteiger partial charge < -0.3 is 0 Å². The third-order valence-electron chi connectivity index (χ3n) is 5.91. The van der Waals surface area contributed by atoms with E-state index in [2.05, 4.69) is 0 Å². The number of non-ortho nitro benzene ring substituents is 1. The van der Waals surface area contributed by atoms with E-state index in [1.54, 1.807) is 24.3 Å². The zero-order chi connectivity index (χ0) is 23.0. The summed E-state index contributed by atoms with van der Waals surface area (Å²) in [6.07, 6.45) is 4.19. The van der Waals surface area contributed by atoms with Crippen molar-refractivity contribution < 1.29 is 19.3 Å². The Balaban J connectivity index is 1.76. The van der Waals surface area contributed by atoms with Gasteiger partial charge in [-0.05, 0) is 30.0 Å². The quantitative estimate of drug-likeness (QED) is 0.295. The number of nitrogens with zero attached hydrogens (tertiary/aromatic N) is 3. The van der Waals surface area contributed by atoms with Crippen molar-refractivity contribution >= 4 is 35.0 Å². The second-order valence-electron chi connectivity index (χ2n) is 7.91. The largest absolute Gasteiger partial charge is 0.273 e. The molecule has 32 heavy (non-hydrogen) atoms. The number of halogens is 1. The molecule has 0 aromatic heterocycles. The van der Waals surface area contributed by atoms with Gasteiger partial charge in [-0.3, -0.25) is 24.5 Å². The summed E-state index contributed by atoms with van der Waals surface area (Å²) >= 11 is 6.28. The summed E-state index contributed by atoms with van der Waals surface area (Å²) in [4.78, 5) is 50.7. The van der Waals surface area contributed by atoms with E-state index in [9.17, 15) is 24.5 Å². The zero-order valence-electron chi connectivity index (χ0n) is 17.2. The number of fused-ring (bicyclic) bond motifs is 1. The molecule has 0 radical (unpaired) electrons. The summed E-state index contributed by atoms with van der Waals surface area (Å²) in [5.74, 6) is -2.86. The van der Waals surface area contributed by atoms with E-state index in [1.165, 1.54) is 18.2 Å². The molecule has 0 N–H and O–H groups in total. The first-order chi connectivity index (χ1) is 15.3. The van der Waals surface area contributed by atoms with Gasteiger partial charge in [0.05, 0.1) is 23.3 Å². The van der Waals surface area contributed by atoms with Crippen LogP contribution in [-0.2, 0) is 16.1 Å². The highest BCUT2D eigenvalue weighted by Crippen LogP contribution is 2.40. The topological polar surface area (TPSA) is 101 Å². The van der Waals surface area contributed by atoms with Crippen molar-refractivity contribution in [3.8, 4) is 0 Å². The number of benzene rings is 2. The standard InChI is InChI=1S/C23H20ClN3O5/c1-14-6-4-10-18-20(14)23(30)26(22(18)29)25(13-16-7-2-3-11-19(16)24)21(28)15-8-5-9-17(12-15)27(31)32/h2-9,11-12,14,18,20H,10,13H2,1H3/t14-,18-,20-/m1/s1. The van der Waals surface area contributed by atoms with Crippen LogP contribution in [0.4, 0.5) is 5.69 Å². The maximum absolute atomic E-state index is 13.5. The van der Waals surface area contributed by atoms with E-state index < -0.39 is 34.5 Å². The van der Waals surface area contributed by atoms with Gasteiger partial charge in [0, 0.05) is 22.7 Å². The molecule has 1 saturated heterocycles. The average Bonchev–Trinajstić information content (AvgIpc) is 3.04. The fraction of sp³-hybridized carbons (Fsp3) is 0.261. The summed E-state index contributed by atoms with van der Waals surface area (Å²) in [5.41, 5.74) is 0.265. The van der Waals surface area contributed by atoms with Crippen LogP contribution < -0.4 is 0 Å². The average molecular weight is 454 g/mol. The van der Waals surface area contributed by atoms with Gasteiger partial charge in [0.1, 0.15) is 0 Å². The molecule has 1 fully saturated rings. The Labute approximate surface area is 189 Å². The number of allylic oxidation sites excluding steroid dienone is 2. The first-order valence-electron chi connectivity index (χ1n) is 10.1. The molecule has 8 nitrogen and oxygen atoms in total. The molecule has 3 atom stereocenters. The second kappa shape index (κ2) is 8.55. The van der Waals surface area contributed by atoms with Gasteiger partial charge >= 0.3 is 0 Å². The molecule has 1 aliphatic carbocycles. The highest BCUT2D eigenvalue weighted by atomic mass is 35.5. The van der Waals surface area contributed by atoms with E-state index in [1.807, 2.05) is 19.1 Å². The predicted octanol–water partition coefficient (Wildman–Crippen LogP) is 4.00. The van der Waals surface area contributed by atoms with Gasteiger partial charge in [-0.25, -0.2) is 5.01 Å². The van der Waals surface area contributed by atoms with Gasteiger partial charge in [0.15, 0.2) is 0 Å². The fourth-order valence-corrected chi connectivity index (χ4v) is 4.49. The van der Waals surface area contributed by atoms with Gasteiger partial charge in [-0.2, -0.15) is 5.01 Å². The van der Waals surface area contributed by atoms with Crippen molar-refractivity contribution in [2.24, 2.45) is 17.8 Å². The van der Waals surface area contributed by atoms with Crippen molar-refractivity contribution in [2.75, 3.05) is 0 Å². The number of carbonyl (C=O) groups excluding carboxylic acids is 3. The lowest BCUT2D eigenvalue weighted by molar-refractivity contribution is -0.384. The van der Waals surface area contributed by atoms with Crippen LogP contribution in [0, 0.1) is 27.9 Å². The lowest BCUT2D eigenvalue weighted by Crippen LogP contribution is -2.50. The number of hydrogen-bond acceptors (Lipinski definition) is 5. The highest BCUT2D eigenvalue weighted by molar-refractivity contribution is 6.31. The molecule has 3 amide bonds. The van der Waals surface area contributed by atoms with Gasteiger partial charge in [0.2, 0.25) is 0 Å². The number of nitro benzene ring substituents is 1. The van der Waals surface area contributed by atoms with Crippen LogP contribution in [0.1, 0.15) is 29.3 Å². The van der Waals surface area contributed by atoms with Crippen LogP contribution in [0.15, 0.2) is 60.7 Å². The third-order valence-corrected chi connectivity index (χ3v) is 6.28. The minimum Gasteiger partial charge on any atom is -0.272 e. The molecule has 1 heterocycles. The summed E-state index contributed by atoms with van der Waals surface area (Å²) in [5, 5.41) is 13.5. The Hall–Kier alpha value is -3.52. The molecule has 0 saturated carbocycles. The minimum atomic E-state index is -0.699. The van der Waals surface area contributed by atoms with Crippen LogP contribution >= 0.6 is 11.6 Å². The van der Waals surface area contributed by atoms with E-state index >= 15 is 0 Å². The van der Waals surface area contributed by atoms with Gasteiger partial charge in [0.25, 0.3) is 23.4 Å². The van der Waals surface area contributed by atoms with Crippen molar-refractivity contribution in [3.63, 3.8) is 0 Å². The van der Waals surface area contributed by atoms with Crippen LogP contribution in [-0.4, -0.2) is 32.7 Å². The van der Waals surface area contributed by atoms with Crippen LogP contribution in [0.5, 0.6) is 0 Å². The molecule has 0 unspecified atom stereocenters. The third kappa shape index (κ3) is 3.78. The van der Waals surface area contributed by atoms with Crippen LogP contribution in [0.25, 0.3) is 0 Å². The Morgan fingerprint density at radius 2 is 1.94 bits per heavy atom. The molecule has 0 bridgehead atoms.